The number of nitrogens with zero attached hydrogens (tertiary/aromatic N) is 4. The molecule has 0 radical (unpaired) electrons. The van der Waals surface area contributed by atoms with Crippen molar-refractivity contribution < 1.29 is 4.79 Å². The summed E-state index contributed by atoms with van der Waals surface area (Å²) in [6.07, 6.45) is 6.38. The predicted octanol–water partition coefficient (Wildman–Crippen LogP) is 1.90. The van der Waals surface area contributed by atoms with E-state index in [4.69, 9.17) is 5.73 Å². The molecular formula is C21H30N6O. The molecule has 1 unspecified atom stereocenters. The molecule has 7 nitrogen and oxygen atoms in total. The van der Waals surface area contributed by atoms with Crippen molar-refractivity contribution in [2.75, 3.05) is 20.1 Å². The van der Waals surface area contributed by atoms with E-state index >= 15 is 0 Å². The monoisotopic (exact) mass is 382 g/mol. The van der Waals surface area contributed by atoms with Gasteiger partial charge in [-0.15, -0.1) is 0 Å². The Hall–Kier alpha value is -2.83. The van der Waals surface area contributed by atoms with Gasteiger partial charge in [0.15, 0.2) is 5.96 Å². The lowest BCUT2D eigenvalue weighted by Crippen LogP contribution is -2.46. The van der Waals surface area contributed by atoms with Crippen LogP contribution in [-0.4, -0.2) is 46.5 Å². The molecule has 1 amide bonds. The van der Waals surface area contributed by atoms with Gasteiger partial charge in [-0.1, -0.05) is 24.3 Å². The number of aromatic nitrogens is 2. The molecule has 1 aliphatic rings. The first kappa shape index (κ1) is 19.9. The Kier molecular flexibility index (Phi) is 6.68. The van der Waals surface area contributed by atoms with Crippen molar-refractivity contribution in [2.45, 2.75) is 39.3 Å². The van der Waals surface area contributed by atoms with Crippen molar-refractivity contribution in [3.63, 3.8) is 0 Å². The number of carbonyl (C=O) groups is 1. The number of likely N-dealkylation sites (tertiary alicyclic amines) is 1. The zero-order valence-corrected chi connectivity index (χ0v) is 16.8. The maximum absolute atomic E-state index is 11.2. The van der Waals surface area contributed by atoms with Gasteiger partial charge in [0.2, 0.25) is 5.91 Å². The number of piperidine rings is 1. The van der Waals surface area contributed by atoms with Crippen molar-refractivity contribution in [3.8, 4) is 0 Å². The van der Waals surface area contributed by atoms with Crippen LogP contribution in [0.5, 0.6) is 0 Å². The number of primary amides is 1. The third-order valence-electron chi connectivity index (χ3n) is 5.24. The second-order valence-corrected chi connectivity index (χ2v) is 7.45. The van der Waals surface area contributed by atoms with Gasteiger partial charge >= 0.3 is 0 Å². The molecule has 0 aliphatic carbocycles. The van der Waals surface area contributed by atoms with E-state index in [0.29, 0.717) is 18.9 Å². The molecule has 2 heterocycles. The molecule has 1 aromatic carbocycles. The molecule has 1 aliphatic heterocycles. The fourth-order valence-corrected chi connectivity index (χ4v) is 3.83. The highest BCUT2D eigenvalue weighted by atomic mass is 16.1. The molecule has 0 bridgehead atoms. The molecule has 2 aromatic rings. The Morgan fingerprint density at radius 2 is 2.21 bits per heavy atom. The summed E-state index contributed by atoms with van der Waals surface area (Å²) in [6, 6.07) is 8.56. The lowest BCUT2D eigenvalue weighted by Gasteiger charge is -2.34. The standard InChI is InChI=1S/C21H30N6O/c1-16-24-8-10-26(16)14-18-6-3-5-17(11-18)13-25-21(23-2)27-9-4-7-19(15-27)12-20(22)28/h3,5-6,8,10-11,19H,4,7,9,12-15H2,1-2H3,(H2,22,28)(H,23,25). The second-order valence-electron chi connectivity index (χ2n) is 7.45. The van der Waals surface area contributed by atoms with Crippen LogP contribution >= 0.6 is 0 Å². The van der Waals surface area contributed by atoms with E-state index < -0.39 is 0 Å². The largest absolute Gasteiger partial charge is 0.370 e. The van der Waals surface area contributed by atoms with Crippen LogP contribution < -0.4 is 11.1 Å². The summed E-state index contributed by atoms with van der Waals surface area (Å²) in [5.74, 6) is 1.98. The van der Waals surface area contributed by atoms with E-state index in [1.807, 2.05) is 19.3 Å². The summed E-state index contributed by atoms with van der Waals surface area (Å²) in [5, 5.41) is 3.47. The van der Waals surface area contributed by atoms with Crippen molar-refractivity contribution in [3.05, 3.63) is 53.6 Å². The summed E-state index contributed by atoms with van der Waals surface area (Å²) >= 11 is 0. The third-order valence-corrected chi connectivity index (χ3v) is 5.24. The van der Waals surface area contributed by atoms with Crippen LogP contribution in [0.3, 0.4) is 0 Å². The minimum absolute atomic E-state index is 0.222. The normalized spacial score (nSPS) is 17.6. The predicted molar refractivity (Wildman–Crippen MR) is 111 cm³/mol. The first-order chi connectivity index (χ1) is 13.5. The summed E-state index contributed by atoms with van der Waals surface area (Å²) in [4.78, 5) is 22.2. The van der Waals surface area contributed by atoms with Gasteiger partial charge in [-0.25, -0.2) is 4.98 Å². The molecule has 3 N–H and O–H groups in total. The number of carbonyl (C=O) groups excluding carboxylic acids is 1. The second kappa shape index (κ2) is 9.39. The Balaban J connectivity index is 1.58. The van der Waals surface area contributed by atoms with Gasteiger partial charge in [-0.05, 0) is 36.8 Å². The Labute approximate surface area is 166 Å². The smallest absolute Gasteiger partial charge is 0.217 e. The van der Waals surface area contributed by atoms with E-state index in [2.05, 4.69) is 49.0 Å². The van der Waals surface area contributed by atoms with Gasteiger partial charge in [0.1, 0.15) is 5.82 Å². The van der Waals surface area contributed by atoms with Crippen LogP contribution in [0.1, 0.15) is 36.2 Å². The molecule has 1 fully saturated rings. The molecule has 1 aromatic heterocycles. The van der Waals surface area contributed by atoms with Gasteiger partial charge < -0.3 is 20.5 Å². The third kappa shape index (κ3) is 5.34. The molecule has 1 atom stereocenters. The zero-order valence-electron chi connectivity index (χ0n) is 16.8. The van der Waals surface area contributed by atoms with Crippen molar-refractivity contribution in [1.82, 2.24) is 19.8 Å². The minimum atomic E-state index is -0.222. The first-order valence-corrected chi connectivity index (χ1v) is 9.84. The maximum atomic E-state index is 11.2. The first-order valence-electron chi connectivity index (χ1n) is 9.84. The van der Waals surface area contributed by atoms with Gasteiger partial charge in [-0.2, -0.15) is 0 Å². The highest BCUT2D eigenvalue weighted by molar-refractivity contribution is 5.80. The van der Waals surface area contributed by atoms with Crippen LogP contribution in [-0.2, 0) is 17.9 Å². The summed E-state index contributed by atoms with van der Waals surface area (Å²) in [6.45, 7) is 5.31. The van der Waals surface area contributed by atoms with Crippen LogP contribution in [0.15, 0.2) is 41.7 Å². The Bertz CT molecular complexity index is 828. The summed E-state index contributed by atoms with van der Waals surface area (Å²) in [7, 11) is 1.80. The van der Waals surface area contributed by atoms with E-state index in [9.17, 15) is 4.79 Å². The van der Waals surface area contributed by atoms with Gasteiger partial charge in [0.05, 0.1) is 0 Å². The minimum Gasteiger partial charge on any atom is -0.370 e. The number of benzene rings is 1. The van der Waals surface area contributed by atoms with Gasteiger partial charge in [0.25, 0.3) is 0 Å². The number of rotatable bonds is 6. The SMILES string of the molecule is CN=C(NCc1cccc(Cn2ccnc2C)c1)N1CCCC(CC(N)=O)C1. The van der Waals surface area contributed by atoms with Crippen molar-refractivity contribution >= 4 is 11.9 Å². The fraction of sp³-hybridized carbons (Fsp3) is 0.476. The number of guanidine groups is 1. The lowest BCUT2D eigenvalue weighted by atomic mass is 9.95. The molecule has 28 heavy (non-hydrogen) atoms. The quantitative estimate of drug-likeness (QED) is 0.590. The Morgan fingerprint density at radius 3 is 2.93 bits per heavy atom. The average molecular weight is 383 g/mol. The van der Waals surface area contributed by atoms with E-state index in [1.165, 1.54) is 11.1 Å². The van der Waals surface area contributed by atoms with Crippen LogP contribution in [0.4, 0.5) is 0 Å². The number of hydrogen-bond acceptors (Lipinski definition) is 3. The average Bonchev–Trinajstić information content (AvgIpc) is 3.07. The number of nitrogens with two attached hydrogens (primary N) is 1. The fourth-order valence-electron chi connectivity index (χ4n) is 3.83. The zero-order chi connectivity index (χ0) is 19.9. The molecule has 3 rings (SSSR count). The van der Waals surface area contributed by atoms with E-state index in [1.54, 1.807) is 7.05 Å². The topological polar surface area (TPSA) is 88.5 Å². The highest BCUT2D eigenvalue weighted by Crippen LogP contribution is 2.19. The number of aliphatic imine (C=N–C) groups is 1. The molecule has 0 saturated carbocycles. The molecular weight excluding hydrogens is 352 g/mol. The number of amides is 1. The van der Waals surface area contributed by atoms with Crippen LogP contribution in [0.25, 0.3) is 0 Å². The van der Waals surface area contributed by atoms with E-state index in [-0.39, 0.29) is 5.91 Å². The van der Waals surface area contributed by atoms with Crippen molar-refractivity contribution in [1.29, 1.82) is 0 Å². The lowest BCUT2D eigenvalue weighted by molar-refractivity contribution is -0.119. The van der Waals surface area contributed by atoms with Crippen LogP contribution in [0, 0.1) is 12.8 Å². The van der Waals surface area contributed by atoms with Crippen LogP contribution in [0.2, 0.25) is 0 Å². The maximum Gasteiger partial charge on any atom is 0.217 e. The van der Waals surface area contributed by atoms with Gasteiger partial charge in [-0.3, -0.25) is 9.79 Å². The molecule has 1 saturated heterocycles. The summed E-state index contributed by atoms with van der Waals surface area (Å²) in [5.41, 5.74) is 7.83. The number of imidazole rings is 1. The molecule has 150 valence electrons. The van der Waals surface area contributed by atoms with Crippen molar-refractivity contribution in [2.24, 2.45) is 16.6 Å². The van der Waals surface area contributed by atoms with Gasteiger partial charge in [0, 0.05) is 52.0 Å². The summed E-state index contributed by atoms with van der Waals surface area (Å²) < 4.78 is 2.14. The highest BCUT2D eigenvalue weighted by Gasteiger charge is 2.23. The van der Waals surface area contributed by atoms with E-state index in [0.717, 1.165) is 44.3 Å². The molecule has 0 spiro atoms. The molecule has 7 heteroatoms. The number of nitrogens with one attached hydrogen (secondary N) is 1. The number of aryl methyl sites for hydroxylation is 1. The Morgan fingerprint density at radius 1 is 1.39 bits per heavy atom. The number of hydrogen-bond donors (Lipinski definition) is 2.